The van der Waals surface area contributed by atoms with Crippen LogP contribution in [0.15, 0.2) is 5.16 Å². The topological polar surface area (TPSA) is 24.8 Å². The summed E-state index contributed by atoms with van der Waals surface area (Å²) in [4.78, 5) is 8.30. The Bertz CT molecular complexity index is 318. The SMILES string of the molecule is BrC1=NOC2(CCN(CC3CCCCC3)CC2)C1. The van der Waals surface area contributed by atoms with Crippen molar-refractivity contribution in [2.75, 3.05) is 19.6 Å². The zero-order chi connectivity index (χ0) is 12.4. The van der Waals surface area contributed by atoms with Crippen molar-refractivity contribution >= 4 is 20.6 Å². The molecule has 1 saturated carbocycles. The first-order valence-corrected chi connectivity index (χ1v) is 8.18. The average Bonchev–Trinajstić information content (AvgIpc) is 2.75. The first kappa shape index (κ1) is 12.9. The van der Waals surface area contributed by atoms with Gasteiger partial charge >= 0.3 is 0 Å². The molecule has 0 radical (unpaired) electrons. The molecule has 0 aromatic heterocycles. The molecule has 0 amide bonds. The number of piperidine rings is 1. The van der Waals surface area contributed by atoms with E-state index in [4.69, 9.17) is 4.84 Å². The minimum absolute atomic E-state index is 0.0297. The van der Waals surface area contributed by atoms with Crippen molar-refractivity contribution in [2.24, 2.45) is 11.1 Å². The Kier molecular flexibility index (Phi) is 3.94. The highest BCUT2D eigenvalue weighted by molar-refractivity contribution is 9.18. The summed E-state index contributed by atoms with van der Waals surface area (Å²) >= 11 is 3.45. The Balaban J connectivity index is 1.45. The van der Waals surface area contributed by atoms with Gasteiger partial charge in [0, 0.05) is 38.9 Å². The number of halogens is 1. The molecule has 102 valence electrons. The number of nitrogens with zero attached hydrogens (tertiary/aromatic N) is 2. The molecule has 0 N–H and O–H groups in total. The number of rotatable bonds is 2. The maximum atomic E-state index is 5.65. The summed E-state index contributed by atoms with van der Waals surface area (Å²) in [7, 11) is 0. The molecule has 2 aliphatic heterocycles. The van der Waals surface area contributed by atoms with Crippen molar-refractivity contribution in [3.05, 3.63) is 0 Å². The molecular weight excluding hydrogens is 292 g/mol. The molecule has 18 heavy (non-hydrogen) atoms. The molecule has 2 heterocycles. The first-order valence-electron chi connectivity index (χ1n) is 7.39. The molecule has 0 atom stereocenters. The van der Waals surface area contributed by atoms with E-state index >= 15 is 0 Å². The van der Waals surface area contributed by atoms with Gasteiger partial charge in [0.15, 0.2) is 0 Å². The molecule has 4 heteroatoms. The third-order valence-electron chi connectivity index (χ3n) is 4.81. The van der Waals surface area contributed by atoms with Crippen LogP contribution in [0, 0.1) is 5.92 Å². The van der Waals surface area contributed by atoms with Crippen LogP contribution in [0.3, 0.4) is 0 Å². The van der Waals surface area contributed by atoms with E-state index in [1.807, 2.05) is 0 Å². The minimum Gasteiger partial charge on any atom is -0.388 e. The van der Waals surface area contributed by atoms with Gasteiger partial charge in [0.05, 0.1) is 0 Å². The third kappa shape index (κ3) is 2.90. The van der Waals surface area contributed by atoms with Gasteiger partial charge in [-0.25, -0.2) is 0 Å². The maximum Gasteiger partial charge on any atom is 0.146 e. The van der Waals surface area contributed by atoms with E-state index in [1.165, 1.54) is 51.7 Å². The van der Waals surface area contributed by atoms with E-state index in [-0.39, 0.29) is 5.60 Å². The largest absolute Gasteiger partial charge is 0.388 e. The lowest BCUT2D eigenvalue weighted by atomic mass is 9.86. The van der Waals surface area contributed by atoms with Crippen LogP contribution in [0.5, 0.6) is 0 Å². The number of hydrogen-bond donors (Lipinski definition) is 0. The second-order valence-electron chi connectivity index (χ2n) is 6.22. The number of hydrogen-bond acceptors (Lipinski definition) is 3. The van der Waals surface area contributed by atoms with Crippen LogP contribution in [0.2, 0.25) is 0 Å². The van der Waals surface area contributed by atoms with E-state index in [2.05, 4.69) is 26.0 Å². The second kappa shape index (κ2) is 5.49. The van der Waals surface area contributed by atoms with Crippen molar-refractivity contribution in [3.8, 4) is 0 Å². The van der Waals surface area contributed by atoms with Gasteiger partial charge in [0.25, 0.3) is 0 Å². The van der Waals surface area contributed by atoms with Gasteiger partial charge in [-0.15, -0.1) is 0 Å². The Morgan fingerprint density at radius 1 is 1.22 bits per heavy atom. The van der Waals surface area contributed by atoms with E-state index in [0.29, 0.717) is 0 Å². The smallest absolute Gasteiger partial charge is 0.146 e. The van der Waals surface area contributed by atoms with Gasteiger partial charge in [0.2, 0.25) is 0 Å². The van der Waals surface area contributed by atoms with Crippen molar-refractivity contribution in [2.45, 2.75) is 57.0 Å². The van der Waals surface area contributed by atoms with Gasteiger partial charge < -0.3 is 9.74 Å². The van der Waals surface area contributed by atoms with Gasteiger partial charge in [-0.1, -0.05) is 24.4 Å². The van der Waals surface area contributed by atoms with Crippen LogP contribution in [0.1, 0.15) is 51.4 Å². The highest BCUT2D eigenvalue weighted by Gasteiger charge is 2.41. The molecule has 1 aliphatic carbocycles. The number of oxime groups is 1. The Morgan fingerprint density at radius 2 is 1.94 bits per heavy atom. The monoisotopic (exact) mass is 314 g/mol. The Hall–Kier alpha value is -0.0900. The molecule has 0 aromatic rings. The molecule has 2 fully saturated rings. The summed E-state index contributed by atoms with van der Waals surface area (Å²) in [5.74, 6) is 0.959. The highest BCUT2D eigenvalue weighted by Crippen LogP contribution is 2.36. The van der Waals surface area contributed by atoms with Crippen LogP contribution in [-0.2, 0) is 4.84 Å². The standard InChI is InChI=1S/C14H23BrN2O/c15-13-10-14(18-16-13)6-8-17(9-7-14)11-12-4-2-1-3-5-12/h12H,1-11H2. The minimum atomic E-state index is 0.0297. The zero-order valence-electron chi connectivity index (χ0n) is 11.0. The van der Waals surface area contributed by atoms with E-state index < -0.39 is 0 Å². The van der Waals surface area contributed by atoms with Crippen molar-refractivity contribution in [1.82, 2.24) is 4.90 Å². The first-order chi connectivity index (χ1) is 8.76. The maximum absolute atomic E-state index is 5.65. The quantitative estimate of drug-likeness (QED) is 0.779. The molecule has 1 spiro atoms. The van der Waals surface area contributed by atoms with Gasteiger partial charge in [-0.3, -0.25) is 0 Å². The summed E-state index contributed by atoms with van der Waals surface area (Å²) in [5.41, 5.74) is 0.0297. The molecule has 3 aliphatic rings. The van der Waals surface area contributed by atoms with Crippen molar-refractivity contribution in [3.63, 3.8) is 0 Å². The fourth-order valence-electron chi connectivity index (χ4n) is 3.62. The molecule has 0 aromatic carbocycles. The molecule has 3 rings (SSSR count). The molecule has 1 saturated heterocycles. The zero-order valence-corrected chi connectivity index (χ0v) is 12.6. The summed E-state index contributed by atoms with van der Waals surface area (Å²) in [6.45, 7) is 3.69. The van der Waals surface area contributed by atoms with E-state index in [0.717, 1.165) is 29.8 Å². The number of likely N-dealkylation sites (tertiary alicyclic amines) is 1. The predicted molar refractivity (Wildman–Crippen MR) is 77.0 cm³/mol. The molecule has 3 nitrogen and oxygen atoms in total. The Labute approximate surface area is 118 Å². The van der Waals surface area contributed by atoms with Crippen LogP contribution >= 0.6 is 15.9 Å². The predicted octanol–water partition coefficient (Wildman–Crippen LogP) is 3.53. The summed E-state index contributed by atoms with van der Waals surface area (Å²) in [5, 5.41) is 4.07. The van der Waals surface area contributed by atoms with E-state index in [1.54, 1.807) is 0 Å². The van der Waals surface area contributed by atoms with Crippen LogP contribution in [0.4, 0.5) is 0 Å². The van der Waals surface area contributed by atoms with Gasteiger partial charge in [-0.2, -0.15) is 0 Å². The summed E-state index contributed by atoms with van der Waals surface area (Å²) in [6, 6.07) is 0. The fraction of sp³-hybridized carbons (Fsp3) is 0.929. The van der Waals surface area contributed by atoms with Crippen molar-refractivity contribution in [1.29, 1.82) is 0 Å². The molecule has 0 bridgehead atoms. The van der Waals surface area contributed by atoms with Crippen LogP contribution in [0.25, 0.3) is 0 Å². The normalized spacial score (nSPS) is 29.3. The van der Waals surface area contributed by atoms with Gasteiger partial charge in [0.1, 0.15) is 10.2 Å². The summed E-state index contributed by atoms with van der Waals surface area (Å²) in [6.07, 6.45) is 10.5. The molecule has 0 unspecified atom stereocenters. The summed E-state index contributed by atoms with van der Waals surface area (Å²) < 4.78 is 0.989. The highest BCUT2D eigenvalue weighted by atomic mass is 79.9. The second-order valence-corrected chi connectivity index (χ2v) is 7.14. The lowest BCUT2D eigenvalue weighted by Gasteiger charge is -2.39. The third-order valence-corrected chi connectivity index (χ3v) is 5.24. The van der Waals surface area contributed by atoms with Crippen LogP contribution in [-0.4, -0.2) is 34.8 Å². The average molecular weight is 315 g/mol. The fourth-order valence-corrected chi connectivity index (χ4v) is 4.21. The molecular formula is C14H23BrN2O. The van der Waals surface area contributed by atoms with Gasteiger partial charge in [-0.05, 0) is 34.7 Å². The van der Waals surface area contributed by atoms with E-state index in [9.17, 15) is 0 Å². The lowest BCUT2D eigenvalue weighted by Crippen LogP contribution is -2.45. The van der Waals surface area contributed by atoms with Crippen molar-refractivity contribution < 1.29 is 4.84 Å². The Morgan fingerprint density at radius 3 is 2.56 bits per heavy atom. The van der Waals surface area contributed by atoms with Crippen LogP contribution < -0.4 is 0 Å². The lowest BCUT2D eigenvalue weighted by molar-refractivity contribution is -0.0637.